The molecule has 2 aliphatic rings. The van der Waals surface area contributed by atoms with Crippen LogP contribution in [-0.2, 0) is 0 Å². The van der Waals surface area contributed by atoms with E-state index in [1.807, 2.05) is 0 Å². The van der Waals surface area contributed by atoms with E-state index in [9.17, 15) is 0 Å². The maximum absolute atomic E-state index is 6.14. The quantitative estimate of drug-likeness (QED) is 0.566. The summed E-state index contributed by atoms with van der Waals surface area (Å²) in [5.41, 5.74) is 6.71. The fourth-order valence-electron chi connectivity index (χ4n) is 3.09. The van der Waals surface area contributed by atoms with Crippen molar-refractivity contribution in [3.8, 4) is 0 Å². The molecule has 0 unspecified atom stereocenters. The fraction of sp³-hybridized carbons (Fsp3) is 1.00. The monoisotopic (exact) mass is 153 g/mol. The molecule has 2 saturated carbocycles. The topological polar surface area (TPSA) is 26.0 Å². The fourth-order valence-corrected chi connectivity index (χ4v) is 3.09. The lowest BCUT2D eigenvalue weighted by molar-refractivity contribution is 0.311. The van der Waals surface area contributed by atoms with Crippen LogP contribution in [0, 0.1) is 23.2 Å². The largest absolute Gasteiger partial charge is 0.327 e. The maximum atomic E-state index is 6.14. The molecule has 0 aliphatic heterocycles. The van der Waals surface area contributed by atoms with E-state index >= 15 is 0 Å². The summed E-state index contributed by atoms with van der Waals surface area (Å²) in [6, 6.07) is 0.490. The summed E-state index contributed by atoms with van der Waals surface area (Å²) in [5.74, 6) is 2.55. The Morgan fingerprint density at radius 3 is 2.45 bits per heavy atom. The summed E-state index contributed by atoms with van der Waals surface area (Å²) >= 11 is 0. The van der Waals surface area contributed by atoms with Crippen molar-refractivity contribution < 1.29 is 0 Å². The molecule has 0 amide bonds. The minimum atomic E-state index is 0.490. The average molecular weight is 153 g/mol. The molecule has 4 atom stereocenters. The van der Waals surface area contributed by atoms with Crippen LogP contribution in [0.1, 0.15) is 33.6 Å². The van der Waals surface area contributed by atoms with Crippen molar-refractivity contribution in [2.75, 3.05) is 0 Å². The lowest BCUT2D eigenvalue weighted by atomic mass is 9.86. The highest BCUT2D eigenvalue weighted by atomic mass is 14.8. The lowest BCUT2D eigenvalue weighted by Gasteiger charge is -2.24. The first-order chi connectivity index (χ1) is 5.05. The molecule has 2 fully saturated rings. The summed E-state index contributed by atoms with van der Waals surface area (Å²) in [7, 11) is 0. The Labute approximate surface area is 69.4 Å². The third kappa shape index (κ3) is 0.868. The predicted molar refractivity (Wildman–Crippen MR) is 47.1 cm³/mol. The smallest absolute Gasteiger partial charge is 0.0101 e. The van der Waals surface area contributed by atoms with Gasteiger partial charge in [0.2, 0.25) is 0 Å². The molecule has 2 rings (SSSR count). The summed E-state index contributed by atoms with van der Waals surface area (Å²) in [5, 5.41) is 0. The molecule has 11 heavy (non-hydrogen) atoms. The Morgan fingerprint density at radius 2 is 1.91 bits per heavy atom. The molecule has 2 aliphatic carbocycles. The Hall–Kier alpha value is -0.0400. The van der Waals surface area contributed by atoms with Gasteiger partial charge in [-0.3, -0.25) is 0 Å². The first-order valence-electron chi connectivity index (χ1n) is 4.80. The van der Waals surface area contributed by atoms with E-state index in [4.69, 9.17) is 5.73 Å². The minimum Gasteiger partial charge on any atom is -0.327 e. The molecule has 0 aromatic rings. The molecule has 64 valence electrons. The van der Waals surface area contributed by atoms with Crippen LogP contribution in [0.5, 0.6) is 0 Å². The lowest BCUT2D eigenvalue weighted by Crippen LogP contribution is -2.34. The van der Waals surface area contributed by atoms with Gasteiger partial charge in [0, 0.05) is 6.04 Å². The summed E-state index contributed by atoms with van der Waals surface area (Å²) in [6.45, 7) is 7.05. The van der Waals surface area contributed by atoms with Crippen LogP contribution in [-0.4, -0.2) is 6.04 Å². The standard InChI is InChI=1S/C10H19N/c1-6-4-5-7-8(9(6)11)10(7,2)3/h6-9H,4-5,11H2,1-3H3/t6-,7+,8+,9+/m0/s1. The molecule has 1 nitrogen and oxygen atoms in total. The zero-order valence-electron chi connectivity index (χ0n) is 7.80. The first-order valence-corrected chi connectivity index (χ1v) is 4.80. The second kappa shape index (κ2) is 2.01. The van der Waals surface area contributed by atoms with Crippen LogP contribution in [0.4, 0.5) is 0 Å². The SMILES string of the molecule is C[C@H]1CC[C@@H]2[C@H]([C@@H]1N)C2(C)C. The van der Waals surface area contributed by atoms with Crippen molar-refractivity contribution in [2.24, 2.45) is 28.9 Å². The molecule has 0 radical (unpaired) electrons. The zero-order chi connectivity index (χ0) is 8.22. The van der Waals surface area contributed by atoms with Gasteiger partial charge in [-0.05, 0) is 36.0 Å². The average Bonchev–Trinajstić information content (AvgIpc) is 2.46. The van der Waals surface area contributed by atoms with Crippen LogP contribution in [0.15, 0.2) is 0 Å². The number of fused-ring (bicyclic) bond motifs is 1. The molecular weight excluding hydrogens is 134 g/mol. The molecule has 0 bridgehead atoms. The molecule has 1 heteroatoms. The third-order valence-corrected chi connectivity index (χ3v) is 4.14. The van der Waals surface area contributed by atoms with Crippen molar-refractivity contribution in [2.45, 2.75) is 39.7 Å². The first kappa shape index (κ1) is 7.60. The summed E-state index contributed by atoms with van der Waals surface area (Å²) in [4.78, 5) is 0. The Morgan fingerprint density at radius 1 is 1.27 bits per heavy atom. The van der Waals surface area contributed by atoms with Crippen molar-refractivity contribution in [3.63, 3.8) is 0 Å². The van der Waals surface area contributed by atoms with Crippen molar-refractivity contribution in [3.05, 3.63) is 0 Å². The highest BCUT2D eigenvalue weighted by Crippen LogP contribution is 2.65. The normalized spacial score (nSPS) is 53.5. The molecule has 0 aromatic carbocycles. The number of rotatable bonds is 0. The van der Waals surface area contributed by atoms with E-state index in [-0.39, 0.29) is 0 Å². The van der Waals surface area contributed by atoms with Crippen LogP contribution in [0.2, 0.25) is 0 Å². The van der Waals surface area contributed by atoms with Crippen molar-refractivity contribution >= 4 is 0 Å². The Balaban J connectivity index is 2.12. The Bertz CT molecular complexity index is 174. The molecule has 0 spiro atoms. The predicted octanol–water partition coefficient (Wildman–Crippen LogP) is 2.02. The Kier molecular flexibility index (Phi) is 1.39. The highest BCUT2D eigenvalue weighted by molar-refractivity contribution is 5.12. The van der Waals surface area contributed by atoms with Crippen molar-refractivity contribution in [1.29, 1.82) is 0 Å². The summed E-state index contributed by atoms with van der Waals surface area (Å²) < 4.78 is 0. The molecular formula is C10H19N. The number of hydrogen-bond acceptors (Lipinski definition) is 1. The van der Waals surface area contributed by atoms with Gasteiger partial charge in [-0.1, -0.05) is 20.8 Å². The van der Waals surface area contributed by atoms with Gasteiger partial charge in [0.15, 0.2) is 0 Å². The van der Waals surface area contributed by atoms with Gasteiger partial charge in [0.25, 0.3) is 0 Å². The van der Waals surface area contributed by atoms with E-state index < -0.39 is 0 Å². The molecule has 0 aromatic heterocycles. The van der Waals surface area contributed by atoms with E-state index in [0.717, 1.165) is 17.8 Å². The van der Waals surface area contributed by atoms with Gasteiger partial charge < -0.3 is 5.73 Å². The second-order valence-corrected chi connectivity index (χ2v) is 5.09. The highest BCUT2D eigenvalue weighted by Gasteiger charge is 2.61. The van der Waals surface area contributed by atoms with Crippen LogP contribution in [0.25, 0.3) is 0 Å². The van der Waals surface area contributed by atoms with Gasteiger partial charge in [-0.2, -0.15) is 0 Å². The number of hydrogen-bond donors (Lipinski definition) is 1. The van der Waals surface area contributed by atoms with Crippen LogP contribution >= 0.6 is 0 Å². The van der Waals surface area contributed by atoms with Crippen molar-refractivity contribution in [1.82, 2.24) is 0 Å². The molecule has 0 heterocycles. The molecule has 0 saturated heterocycles. The van der Waals surface area contributed by atoms with Crippen LogP contribution < -0.4 is 5.73 Å². The van der Waals surface area contributed by atoms with Gasteiger partial charge in [-0.15, -0.1) is 0 Å². The van der Waals surface area contributed by atoms with E-state index in [2.05, 4.69) is 20.8 Å². The van der Waals surface area contributed by atoms with Gasteiger partial charge in [0.1, 0.15) is 0 Å². The van der Waals surface area contributed by atoms with Gasteiger partial charge in [-0.25, -0.2) is 0 Å². The van der Waals surface area contributed by atoms with E-state index in [0.29, 0.717) is 11.5 Å². The van der Waals surface area contributed by atoms with E-state index in [1.165, 1.54) is 12.8 Å². The third-order valence-electron chi connectivity index (χ3n) is 4.14. The second-order valence-electron chi connectivity index (χ2n) is 5.09. The van der Waals surface area contributed by atoms with Gasteiger partial charge in [0.05, 0.1) is 0 Å². The van der Waals surface area contributed by atoms with E-state index in [1.54, 1.807) is 0 Å². The minimum absolute atomic E-state index is 0.490. The summed E-state index contributed by atoms with van der Waals surface area (Å²) in [6.07, 6.45) is 2.78. The van der Waals surface area contributed by atoms with Crippen LogP contribution in [0.3, 0.4) is 0 Å². The number of nitrogens with two attached hydrogens (primary N) is 1. The maximum Gasteiger partial charge on any atom is 0.0101 e. The van der Waals surface area contributed by atoms with Gasteiger partial charge >= 0.3 is 0 Å². The zero-order valence-corrected chi connectivity index (χ0v) is 7.80. The molecule has 2 N–H and O–H groups in total.